The van der Waals surface area contributed by atoms with E-state index < -0.39 is 23.8 Å². The molecule has 0 saturated carbocycles. The number of rotatable bonds is 2. The SMILES string of the molecule is O=C(O)C1=C(c2ccc(Br)cc2)c2c(ccc3occc23)OC1C(F)(F)F. The van der Waals surface area contributed by atoms with Crippen LogP contribution in [-0.2, 0) is 4.79 Å². The lowest BCUT2D eigenvalue weighted by molar-refractivity contribution is -0.187. The van der Waals surface area contributed by atoms with Crippen molar-refractivity contribution >= 4 is 38.4 Å². The van der Waals surface area contributed by atoms with E-state index in [0.29, 0.717) is 21.0 Å². The van der Waals surface area contributed by atoms with Gasteiger partial charge in [0.25, 0.3) is 0 Å². The molecule has 1 N–H and O–H groups in total. The highest BCUT2D eigenvalue weighted by Crippen LogP contribution is 2.47. The number of carboxylic acids is 1. The minimum Gasteiger partial charge on any atom is -0.478 e. The zero-order valence-corrected chi connectivity index (χ0v) is 15.0. The molecule has 3 aromatic rings. The van der Waals surface area contributed by atoms with Crippen molar-refractivity contribution in [2.75, 3.05) is 0 Å². The van der Waals surface area contributed by atoms with E-state index in [1.807, 2.05) is 0 Å². The maximum atomic E-state index is 13.6. The zero-order chi connectivity index (χ0) is 19.3. The lowest BCUT2D eigenvalue weighted by atomic mass is 9.86. The molecule has 1 unspecified atom stereocenters. The van der Waals surface area contributed by atoms with Gasteiger partial charge in [-0.15, -0.1) is 0 Å². The maximum absolute atomic E-state index is 13.6. The predicted molar refractivity (Wildman–Crippen MR) is 94.5 cm³/mol. The van der Waals surface area contributed by atoms with Crippen LogP contribution >= 0.6 is 15.9 Å². The Morgan fingerprint density at radius 1 is 1.07 bits per heavy atom. The van der Waals surface area contributed by atoms with Crippen LogP contribution in [0.3, 0.4) is 0 Å². The third kappa shape index (κ3) is 2.90. The number of hydrogen-bond acceptors (Lipinski definition) is 3. The van der Waals surface area contributed by atoms with Gasteiger partial charge in [0.2, 0.25) is 6.10 Å². The van der Waals surface area contributed by atoms with E-state index in [1.165, 1.54) is 18.4 Å². The van der Waals surface area contributed by atoms with E-state index in [0.717, 1.165) is 0 Å². The fraction of sp³-hybridized carbons (Fsp3) is 0.105. The molecule has 1 aliphatic rings. The molecule has 8 heteroatoms. The minimum atomic E-state index is -4.89. The summed E-state index contributed by atoms with van der Waals surface area (Å²) in [5, 5.41) is 10.1. The summed E-state index contributed by atoms with van der Waals surface area (Å²) in [6, 6.07) is 10.8. The fourth-order valence-electron chi connectivity index (χ4n) is 3.20. The van der Waals surface area contributed by atoms with Gasteiger partial charge in [0.1, 0.15) is 11.3 Å². The van der Waals surface area contributed by atoms with E-state index in [-0.39, 0.29) is 16.9 Å². The van der Waals surface area contributed by atoms with Crippen molar-refractivity contribution in [1.82, 2.24) is 0 Å². The summed E-state index contributed by atoms with van der Waals surface area (Å²) in [6.07, 6.45) is -6.08. The molecular weight excluding hydrogens is 429 g/mol. The molecule has 0 fully saturated rings. The fourth-order valence-corrected chi connectivity index (χ4v) is 3.46. The number of alkyl halides is 3. The summed E-state index contributed by atoms with van der Waals surface area (Å²) < 4.78 is 52.0. The number of furan rings is 1. The second-order valence-electron chi connectivity index (χ2n) is 5.91. The van der Waals surface area contributed by atoms with E-state index >= 15 is 0 Å². The van der Waals surface area contributed by atoms with Crippen molar-refractivity contribution < 1.29 is 32.2 Å². The summed E-state index contributed by atoms with van der Waals surface area (Å²) in [4.78, 5) is 11.9. The summed E-state index contributed by atoms with van der Waals surface area (Å²) in [5.41, 5.74) is 0.128. The van der Waals surface area contributed by atoms with Crippen molar-refractivity contribution in [3.05, 3.63) is 69.9 Å². The summed E-state index contributed by atoms with van der Waals surface area (Å²) >= 11 is 3.27. The first-order chi connectivity index (χ1) is 12.8. The normalized spacial score (nSPS) is 17.0. The van der Waals surface area contributed by atoms with Gasteiger partial charge in [-0.2, -0.15) is 13.2 Å². The van der Waals surface area contributed by atoms with Gasteiger partial charge in [-0.05, 0) is 35.9 Å². The van der Waals surface area contributed by atoms with Crippen LogP contribution in [0, 0.1) is 0 Å². The zero-order valence-electron chi connectivity index (χ0n) is 13.4. The van der Waals surface area contributed by atoms with Crippen LogP contribution in [-0.4, -0.2) is 23.4 Å². The van der Waals surface area contributed by atoms with Crippen LogP contribution in [0.5, 0.6) is 5.75 Å². The molecule has 138 valence electrons. The van der Waals surface area contributed by atoms with Gasteiger partial charge in [0.05, 0.1) is 11.8 Å². The van der Waals surface area contributed by atoms with Crippen LogP contribution in [0.15, 0.2) is 63.2 Å². The highest BCUT2D eigenvalue weighted by atomic mass is 79.9. The smallest absolute Gasteiger partial charge is 0.430 e. The van der Waals surface area contributed by atoms with E-state index in [1.54, 1.807) is 30.3 Å². The second kappa shape index (κ2) is 6.16. The number of carbonyl (C=O) groups is 1. The predicted octanol–water partition coefficient (Wildman–Crippen LogP) is 5.41. The molecule has 0 bridgehead atoms. The Bertz CT molecular complexity index is 1080. The largest absolute Gasteiger partial charge is 0.478 e. The highest BCUT2D eigenvalue weighted by molar-refractivity contribution is 9.10. The Kier molecular flexibility index (Phi) is 4.03. The number of aliphatic carboxylic acids is 1. The van der Waals surface area contributed by atoms with Gasteiger partial charge >= 0.3 is 12.1 Å². The molecule has 4 nitrogen and oxygen atoms in total. The summed E-state index contributed by atoms with van der Waals surface area (Å²) in [7, 11) is 0. The average Bonchev–Trinajstić information content (AvgIpc) is 3.08. The van der Waals surface area contributed by atoms with Crippen LogP contribution < -0.4 is 4.74 Å². The Morgan fingerprint density at radius 2 is 1.78 bits per heavy atom. The van der Waals surface area contributed by atoms with Gasteiger partial charge in [-0.25, -0.2) is 4.79 Å². The first-order valence-electron chi connectivity index (χ1n) is 7.74. The third-order valence-electron chi connectivity index (χ3n) is 4.28. The van der Waals surface area contributed by atoms with Gasteiger partial charge in [-0.3, -0.25) is 0 Å². The minimum absolute atomic E-state index is 0.0365. The number of benzene rings is 2. The lowest BCUT2D eigenvalue weighted by Crippen LogP contribution is -2.41. The monoisotopic (exact) mass is 438 g/mol. The molecule has 1 aromatic heterocycles. The van der Waals surface area contributed by atoms with Crippen molar-refractivity contribution in [3.8, 4) is 5.75 Å². The molecule has 1 aliphatic heterocycles. The molecule has 4 rings (SSSR count). The number of halogens is 4. The Labute approximate surface area is 159 Å². The van der Waals surface area contributed by atoms with E-state index in [4.69, 9.17) is 9.15 Å². The van der Waals surface area contributed by atoms with Gasteiger partial charge in [-0.1, -0.05) is 28.1 Å². The lowest BCUT2D eigenvalue weighted by Gasteiger charge is -2.31. The molecule has 27 heavy (non-hydrogen) atoms. The number of fused-ring (bicyclic) bond motifs is 3. The van der Waals surface area contributed by atoms with Crippen LogP contribution in [0.4, 0.5) is 13.2 Å². The van der Waals surface area contributed by atoms with Gasteiger partial charge in [0, 0.05) is 21.0 Å². The summed E-state index contributed by atoms with van der Waals surface area (Å²) in [5.74, 6) is -1.74. The highest BCUT2D eigenvalue weighted by Gasteiger charge is 2.50. The van der Waals surface area contributed by atoms with Crippen molar-refractivity contribution in [1.29, 1.82) is 0 Å². The molecular formula is C19H10BrF3O4. The van der Waals surface area contributed by atoms with E-state index in [2.05, 4.69) is 15.9 Å². The Morgan fingerprint density at radius 3 is 2.41 bits per heavy atom. The molecule has 2 heterocycles. The molecule has 0 aliphatic carbocycles. The van der Waals surface area contributed by atoms with Crippen LogP contribution in [0.25, 0.3) is 16.5 Å². The number of carboxylic acid groups (broad SMARTS) is 1. The maximum Gasteiger partial charge on any atom is 0.430 e. The van der Waals surface area contributed by atoms with Crippen LogP contribution in [0.2, 0.25) is 0 Å². The van der Waals surface area contributed by atoms with Crippen molar-refractivity contribution in [3.63, 3.8) is 0 Å². The second-order valence-corrected chi connectivity index (χ2v) is 6.83. The van der Waals surface area contributed by atoms with Gasteiger partial charge in [0.15, 0.2) is 0 Å². The van der Waals surface area contributed by atoms with Gasteiger partial charge < -0.3 is 14.3 Å². The molecule has 0 amide bonds. The van der Waals surface area contributed by atoms with Crippen molar-refractivity contribution in [2.45, 2.75) is 12.3 Å². The number of ether oxygens (including phenoxy) is 1. The first kappa shape index (κ1) is 17.7. The molecule has 1 atom stereocenters. The Hall–Kier alpha value is -2.74. The molecule has 0 spiro atoms. The average molecular weight is 439 g/mol. The Balaban J connectivity index is 2.12. The summed E-state index contributed by atoms with van der Waals surface area (Å²) in [6.45, 7) is 0. The third-order valence-corrected chi connectivity index (χ3v) is 4.81. The molecule has 0 saturated heterocycles. The number of hydrogen-bond donors (Lipinski definition) is 1. The topological polar surface area (TPSA) is 59.7 Å². The standard InChI is InChI=1S/C19H10BrF3O4/c20-10-3-1-9(2-4-10)14-15-11-7-8-26-12(11)5-6-13(15)27-17(19(21,22)23)16(14)18(24)25/h1-8,17H,(H,24,25). The van der Waals surface area contributed by atoms with Crippen molar-refractivity contribution in [2.24, 2.45) is 0 Å². The first-order valence-corrected chi connectivity index (χ1v) is 8.54. The molecule has 0 radical (unpaired) electrons. The molecule has 2 aromatic carbocycles. The van der Waals surface area contributed by atoms with Crippen LogP contribution in [0.1, 0.15) is 11.1 Å². The quantitative estimate of drug-likeness (QED) is 0.581. The van der Waals surface area contributed by atoms with E-state index in [9.17, 15) is 23.1 Å².